The lowest BCUT2D eigenvalue weighted by molar-refractivity contribution is -0.126. The first-order chi connectivity index (χ1) is 10.0. The van der Waals surface area contributed by atoms with Gasteiger partial charge in [-0.25, -0.2) is 9.87 Å². The quantitative estimate of drug-likeness (QED) is 0.764. The van der Waals surface area contributed by atoms with Crippen molar-refractivity contribution in [2.75, 3.05) is 11.6 Å². The van der Waals surface area contributed by atoms with Gasteiger partial charge in [0.1, 0.15) is 17.6 Å². The third-order valence-electron chi connectivity index (χ3n) is 2.90. The van der Waals surface area contributed by atoms with Gasteiger partial charge in [-0.1, -0.05) is 0 Å². The van der Waals surface area contributed by atoms with Crippen molar-refractivity contribution in [3.05, 3.63) is 30.1 Å². The summed E-state index contributed by atoms with van der Waals surface area (Å²) in [6.07, 6.45) is 0.0611. The van der Waals surface area contributed by atoms with Gasteiger partial charge in [-0.05, 0) is 31.2 Å². The summed E-state index contributed by atoms with van der Waals surface area (Å²) >= 11 is 0. The number of hydrogen-bond donors (Lipinski definition) is 2. The topological polar surface area (TPSA) is 97.0 Å². The smallest absolute Gasteiger partial charge is 0.291 e. The molecule has 1 atom stereocenters. The minimum Gasteiger partial charge on any atom is -0.368 e. The van der Waals surface area contributed by atoms with Crippen LogP contribution >= 0.6 is 0 Å². The molecule has 112 valence electrons. The van der Waals surface area contributed by atoms with Crippen molar-refractivity contribution in [3.63, 3.8) is 0 Å². The Morgan fingerprint density at radius 1 is 1.48 bits per heavy atom. The summed E-state index contributed by atoms with van der Waals surface area (Å²) < 4.78 is 12.9. The number of anilines is 1. The van der Waals surface area contributed by atoms with Crippen LogP contribution in [0.15, 0.2) is 29.4 Å². The summed E-state index contributed by atoms with van der Waals surface area (Å²) in [5.74, 6) is -1.57. The van der Waals surface area contributed by atoms with Crippen LogP contribution in [0.2, 0.25) is 0 Å². The van der Waals surface area contributed by atoms with Crippen LogP contribution in [0.3, 0.4) is 0 Å². The van der Waals surface area contributed by atoms with Crippen LogP contribution in [0.5, 0.6) is 0 Å². The normalized spacial score (nSPS) is 17.5. The van der Waals surface area contributed by atoms with Crippen molar-refractivity contribution in [1.29, 1.82) is 0 Å². The van der Waals surface area contributed by atoms with E-state index in [1.165, 1.54) is 29.3 Å². The molecule has 1 aromatic carbocycles. The Labute approximate surface area is 120 Å². The molecule has 1 heterocycles. The third-order valence-corrected chi connectivity index (χ3v) is 2.90. The maximum atomic E-state index is 12.9. The summed E-state index contributed by atoms with van der Waals surface area (Å²) in [5.41, 5.74) is 8.13. The van der Waals surface area contributed by atoms with E-state index in [9.17, 15) is 14.0 Å². The second kappa shape index (κ2) is 6.31. The number of benzene rings is 1. The van der Waals surface area contributed by atoms with Gasteiger partial charge in [-0.3, -0.25) is 19.4 Å². The fourth-order valence-electron chi connectivity index (χ4n) is 1.90. The van der Waals surface area contributed by atoms with E-state index in [2.05, 4.69) is 10.6 Å². The van der Waals surface area contributed by atoms with Crippen molar-refractivity contribution >= 4 is 23.2 Å². The molecule has 1 unspecified atom stereocenters. The molecule has 2 rings (SSSR count). The van der Waals surface area contributed by atoms with Crippen molar-refractivity contribution in [1.82, 2.24) is 5.48 Å². The Balaban J connectivity index is 2.23. The zero-order chi connectivity index (χ0) is 15.4. The molecule has 0 saturated heterocycles. The first-order valence-electron chi connectivity index (χ1n) is 6.36. The standard InChI is InChI=1S/C13H15FN4O3/c1-2-21-17-13(20)10-7-11(12(15)19)18(16-10)9-5-3-8(14)4-6-9/h3-6,11H,2,7H2,1H3,(H2,15,19)(H,17,20). The van der Waals surface area contributed by atoms with E-state index in [0.29, 0.717) is 12.3 Å². The number of carbonyl (C=O) groups is 2. The van der Waals surface area contributed by atoms with Crippen molar-refractivity contribution in [2.45, 2.75) is 19.4 Å². The molecule has 0 bridgehead atoms. The van der Waals surface area contributed by atoms with Crippen molar-refractivity contribution in [3.8, 4) is 0 Å². The number of nitrogens with zero attached hydrogens (tertiary/aromatic N) is 2. The molecule has 0 spiro atoms. The van der Waals surface area contributed by atoms with Crippen molar-refractivity contribution in [2.24, 2.45) is 10.8 Å². The Bertz CT molecular complexity index is 573. The van der Waals surface area contributed by atoms with Gasteiger partial charge in [0.15, 0.2) is 0 Å². The van der Waals surface area contributed by atoms with Crippen LogP contribution in [-0.2, 0) is 14.4 Å². The highest BCUT2D eigenvalue weighted by molar-refractivity contribution is 6.40. The Kier molecular flexibility index (Phi) is 4.49. The van der Waals surface area contributed by atoms with Crippen LogP contribution in [-0.4, -0.2) is 30.2 Å². The SMILES string of the molecule is CCONC(=O)C1=NN(c2ccc(F)cc2)C(C(N)=O)C1. The molecule has 1 aliphatic rings. The van der Waals surface area contributed by atoms with Gasteiger partial charge in [-0.15, -0.1) is 0 Å². The summed E-state index contributed by atoms with van der Waals surface area (Å²) in [4.78, 5) is 28.1. The lowest BCUT2D eigenvalue weighted by atomic mass is 10.1. The van der Waals surface area contributed by atoms with E-state index in [4.69, 9.17) is 10.6 Å². The molecule has 0 aromatic heterocycles. The molecule has 0 fully saturated rings. The molecule has 0 aliphatic carbocycles. The molecule has 7 nitrogen and oxygen atoms in total. The molecular formula is C13H15FN4O3. The second-order valence-electron chi connectivity index (χ2n) is 4.35. The minimum atomic E-state index is -0.794. The average molecular weight is 294 g/mol. The predicted molar refractivity (Wildman–Crippen MR) is 73.7 cm³/mol. The fourth-order valence-corrected chi connectivity index (χ4v) is 1.90. The van der Waals surface area contributed by atoms with E-state index in [0.717, 1.165) is 0 Å². The van der Waals surface area contributed by atoms with Gasteiger partial charge >= 0.3 is 0 Å². The van der Waals surface area contributed by atoms with E-state index < -0.39 is 23.7 Å². The van der Waals surface area contributed by atoms with Gasteiger partial charge in [0, 0.05) is 6.42 Å². The van der Waals surface area contributed by atoms with E-state index in [1.807, 2.05) is 0 Å². The zero-order valence-electron chi connectivity index (χ0n) is 11.4. The number of halogens is 1. The minimum absolute atomic E-state index is 0.0611. The van der Waals surface area contributed by atoms with Crippen LogP contribution in [0.25, 0.3) is 0 Å². The number of hydrazone groups is 1. The Morgan fingerprint density at radius 3 is 2.71 bits per heavy atom. The largest absolute Gasteiger partial charge is 0.368 e. The van der Waals surface area contributed by atoms with Crippen LogP contribution < -0.4 is 16.2 Å². The monoisotopic (exact) mass is 294 g/mol. The number of nitrogens with two attached hydrogens (primary N) is 1. The number of hydrogen-bond acceptors (Lipinski definition) is 5. The molecule has 0 saturated carbocycles. The lowest BCUT2D eigenvalue weighted by Gasteiger charge is -2.20. The van der Waals surface area contributed by atoms with Crippen LogP contribution in [0.1, 0.15) is 13.3 Å². The molecule has 1 aliphatic heterocycles. The van der Waals surface area contributed by atoms with Crippen molar-refractivity contribution < 1.29 is 18.8 Å². The van der Waals surface area contributed by atoms with Gasteiger partial charge in [-0.2, -0.15) is 5.10 Å². The van der Waals surface area contributed by atoms with Gasteiger partial charge in [0.25, 0.3) is 5.91 Å². The summed E-state index contributed by atoms with van der Waals surface area (Å²) in [5, 5.41) is 5.39. The first kappa shape index (κ1) is 14.9. The number of amides is 2. The van der Waals surface area contributed by atoms with E-state index >= 15 is 0 Å². The predicted octanol–water partition coefficient (Wildman–Crippen LogP) is 0.313. The molecule has 8 heteroatoms. The maximum absolute atomic E-state index is 12.9. The summed E-state index contributed by atoms with van der Waals surface area (Å²) in [6.45, 7) is 2.02. The van der Waals surface area contributed by atoms with Gasteiger partial charge < -0.3 is 5.73 Å². The van der Waals surface area contributed by atoms with Gasteiger partial charge in [0.2, 0.25) is 5.91 Å². The molecular weight excluding hydrogens is 279 g/mol. The van der Waals surface area contributed by atoms with Gasteiger partial charge in [0.05, 0.1) is 12.3 Å². The average Bonchev–Trinajstić information content (AvgIpc) is 2.91. The number of nitrogens with one attached hydrogen (secondary N) is 1. The summed E-state index contributed by atoms with van der Waals surface area (Å²) in [6, 6.07) is 4.59. The molecule has 2 amide bonds. The van der Waals surface area contributed by atoms with Crippen LogP contribution in [0, 0.1) is 5.82 Å². The molecule has 3 N–H and O–H groups in total. The number of rotatable bonds is 5. The number of hydroxylamine groups is 1. The maximum Gasteiger partial charge on any atom is 0.291 e. The molecule has 21 heavy (non-hydrogen) atoms. The highest BCUT2D eigenvalue weighted by Crippen LogP contribution is 2.24. The highest BCUT2D eigenvalue weighted by atomic mass is 19.1. The highest BCUT2D eigenvalue weighted by Gasteiger charge is 2.35. The number of primary amides is 1. The number of carbonyl (C=O) groups excluding carboxylic acids is 2. The second-order valence-corrected chi connectivity index (χ2v) is 4.35. The zero-order valence-corrected chi connectivity index (χ0v) is 11.4. The third kappa shape index (κ3) is 3.34. The first-order valence-corrected chi connectivity index (χ1v) is 6.36. The Hall–Kier alpha value is -2.48. The molecule has 1 aromatic rings. The fraction of sp³-hybridized carbons (Fsp3) is 0.308. The summed E-state index contributed by atoms with van der Waals surface area (Å²) in [7, 11) is 0. The lowest BCUT2D eigenvalue weighted by Crippen LogP contribution is -2.39. The Morgan fingerprint density at radius 2 is 2.14 bits per heavy atom. The van der Waals surface area contributed by atoms with Crippen LogP contribution in [0.4, 0.5) is 10.1 Å². The van der Waals surface area contributed by atoms with E-state index in [1.54, 1.807) is 6.92 Å². The van der Waals surface area contributed by atoms with E-state index in [-0.39, 0.29) is 12.1 Å². The molecule has 0 radical (unpaired) electrons.